The predicted octanol–water partition coefficient (Wildman–Crippen LogP) is 3.50. The van der Waals surface area contributed by atoms with Crippen LogP contribution in [0, 0.1) is 0 Å². The molecule has 0 aliphatic heterocycles. The number of rotatable bonds is 6. The molecule has 4 nitrogen and oxygen atoms in total. The molecule has 0 saturated heterocycles. The van der Waals surface area contributed by atoms with Gasteiger partial charge in [-0.25, -0.2) is 0 Å². The third kappa shape index (κ3) is 5.31. The number of hydrogen-bond acceptors (Lipinski definition) is 4. The second kappa shape index (κ2) is 7.36. The van der Waals surface area contributed by atoms with Crippen LogP contribution in [0.25, 0.3) is 6.08 Å². The van der Waals surface area contributed by atoms with Gasteiger partial charge in [0, 0.05) is 24.2 Å². The summed E-state index contributed by atoms with van der Waals surface area (Å²) in [5, 5.41) is 3.46. The van der Waals surface area contributed by atoms with E-state index in [2.05, 4.69) is 39.1 Å². The fourth-order valence-corrected chi connectivity index (χ4v) is 1.88. The van der Waals surface area contributed by atoms with Crippen molar-refractivity contribution in [2.45, 2.75) is 33.2 Å². The van der Waals surface area contributed by atoms with Gasteiger partial charge < -0.3 is 19.5 Å². The summed E-state index contributed by atoms with van der Waals surface area (Å²) in [4.78, 5) is 0. The van der Waals surface area contributed by atoms with Gasteiger partial charge in [0.2, 0.25) is 0 Å². The van der Waals surface area contributed by atoms with Crippen molar-refractivity contribution in [2.24, 2.45) is 0 Å². The second-order valence-electron chi connectivity index (χ2n) is 6.04. The summed E-state index contributed by atoms with van der Waals surface area (Å²) in [6, 6.07) is 3.72. The van der Waals surface area contributed by atoms with Crippen LogP contribution in [0.2, 0.25) is 0 Å². The Morgan fingerprint density at radius 1 is 1.05 bits per heavy atom. The Balaban J connectivity index is 3.10. The van der Waals surface area contributed by atoms with E-state index in [4.69, 9.17) is 14.2 Å². The van der Waals surface area contributed by atoms with Crippen LogP contribution < -0.4 is 19.5 Å². The molecule has 118 valence electrons. The molecule has 0 fully saturated rings. The summed E-state index contributed by atoms with van der Waals surface area (Å²) in [6.45, 7) is 9.34. The zero-order valence-electron chi connectivity index (χ0n) is 14.2. The van der Waals surface area contributed by atoms with Crippen LogP contribution in [-0.2, 0) is 0 Å². The molecule has 0 amide bonds. The Morgan fingerprint density at radius 3 is 1.95 bits per heavy atom. The van der Waals surface area contributed by atoms with Gasteiger partial charge in [-0.2, -0.15) is 0 Å². The molecule has 0 radical (unpaired) electrons. The lowest BCUT2D eigenvalue weighted by atomic mass is 10.1. The first kappa shape index (κ1) is 17.4. The maximum absolute atomic E-state index is 5.45. The maximum atomic E-state index is 5.45. The fraction of sp³-hybridized carbons (Fsp3) is 0.529. The maximum Gasteiger partial charge on any atom is 0.133 e. The SMILES string of the molecule is COc1cc(OC)c(C=C(C)CNC(C)(C)C)c(OC)c1. The molecule has 0 heterocycles. The lowest BCUT2D eigenvalue weighted by Gasteiger charge is -2.21. The fourth-order valence-electron chi connectivity index (χ4n) is 1.88. The molecule has 1 rings (SSSR count). The van der Waals surface area contributed by atoms with Crippen LogP contribution >= 0.6 is 0 Å². The van der Waals surface area contributed by atoms with Gasteiger partial charge in [-0.15, -0.1) is 0 Å². The topological polar surface area (TPSA) is 39.7 Å². The molecule has 4 heteroatoms. The number of benzene rings is 1. The average molecular weight is 293 g/mol. The number of ether oxygens (including phenoxy) is 3. The minimum atomic E-state index is 0.0865. The van der Waals surface area contributed by atoms with Crippen molar-refractivity contribution in [1.82, 2.24) is 5.32 Å². The molecule has 0 aliphatic rings. The molecule has 0 atom stereocenters. The highest BCUT2D eigenvalue weighted by molar-refractivity contribution is 5.68. The van der Waals surface area contributed by atoms with E-state index in [1.807, 2.05) is 12.1 Å². The van der Waals surface area contributed by atoms with Crippen LogP contribution in [0.4, 0.5) is 0 Å². The van der Waals surface area contributed by atoms with Crippen LogP contribution in [0.5, 0.6) is 17.2 Å². The molecule has 0 unspecified atom stereocenters. The van der Waals surface area contributed by atoms with Gasteiger partial charge in [0.25, 0.3) is 0 Å². The molecule has 1 aromatic carbocycles. The largest absolute Gasteiger partial charge is 0.496 e. The van der Waals surface area contributed by atoms with Gasteiger partial charge in [0.05, 0.1) is 26.9 Å². The summed E-state index contributed by atoms with van der Waals surface area (Å²) in [5.41, 5.74) is 2.21. The van der Waals surface area contributed by atoms with E-state index in [1.54, 1.807) is 21.3 Å². The van der Waals surface area contributed by atoms with Crippen molar-refractivity contribution in [2.75, 3.05) is 27.9 Å². The van der Waals surface area contributed by atoms with Gasteiger partial charge >= 0.3 is 0 Å². The van der Waals surface area contributed by atoms with E-state index in [1.165, 1.54) is 5.57 Å². The molecule has 0 saturated carbocycles. The number of hydrogen-bond donors (Lipinski definition) is 1. The molecule has 21 heavy (non-hydrogen) atoms. The Bertz CT molecular complexity index is 476. The zero-order chi connectivity index (χ0) is 16.0. The molecule has 0 aliphatic carbocycles. The van der Waals surface area contributed by atoms with E-state index >= 15 is 0 Å². The molecule has 0 aromatic heterocycles. The Kier molecular flexibility index (Phi) is 6.09. The summed E-state index contributed by atoms with van der Waals surface area (Å²) in [5.74, 6) is 2.19. The minimum absolute atomic E-state index is 0.0865. The molecule has 1 aromatic rings. The van der Waals surface area contributed by atoms with Crippen molar-refractivity contribution in [3.8, 4) is 17.2 Å². The molecular formula is C17H27NO3. The van der Waals surface area contributed by atoms with Crippen molar-refractivity contribution in [3.05, 3.63) is 23.3 Å². The smallest absolute Gasteiger partial charge is 0.133 e. The van der Waals surface area contributed by atoms with E-state index < -0.39 is 0 Å². The lowest BCUT2D eigenvalue weighted by molar-refractivity contribution is 0.374. The van der Waals surface area contributed by atoms with Crippen LogP contribution in [0.15, 0.2) is 17.7 Å². The third-order valence-corrected chi connectivity index (χ3v) is 3.04. The van der Waals surface area contributed by atoms with E-state index in [0.717, 1.165) is 23.6 Å². The Hall–Kier alpha value is -1.68. The van der Waals surface area contributed by atoms with Crippen molar-refractivity contribution < 1.29 is 14.2 Å². The van der Waals surface area contributed by atoms with Crippen LogP contribution in [0.1, 0.15) is 33.3 Å². The standard InChI is InChI=1S/C17H27NO3/c1-12(11-18-17(2,3)4)8-14-15(20-6)9-13(19-5)10-16(14)21-7/h8-10,18H,11H2,1-7H3. The first-order valence-corrected chi connectivity index (χ1v) is 7.03. The molecular weight excluding hydrogens is 266 g/mol. The Morgan fingerprint density at radius 2 is 1.57 bits per heavy atom. The molecule has 1 N–H and O–H groups in total. The van der Waals surface area contributed by atoms with E-state index in [9.17, 15) is 0 Å². The first-order valence-electron chi connectivity index (χ1n) is 7.03. The number of methoxy groups -OCH3 is 3. The summed E-state index contributed by atoms with van der Waals surface area (Å²) in [7, 11) is 4.92. The Labute approximate surface area is 128 Å². The van der Waals surface area contributed by atoms with Gasteiger partial charge in [0.15, 0.2) is 0 Å². The third-order valence-electron chi connectivity index (χ3n) is 3.04. The van der Waals surface area contributed by atoms with Crippen molar-refractivity contribution in [3.63, 3.8) is 0 Å². The highest BCUT2D eigenvalue weighted by Gasteiger charge is 2.12. The summed E-state index contributed by atoms with van der Waals surface area (Å²) < 4.78 is 16.2. The van der Waals surface area contributed by atoms with Gasteiger partial charge in [0.1, 0.15) is 17.2 Å². The quantitative estimate of drug-likeness (QED) is 0.871. The molecule has 0 spiro atoms. The van der Waals surface area contributed by atoms with E-state index in [-0.39, 0.29) is 5.54 Å². The summed E-state index contributed by atoms with van der Waals surface area (Å²) >= 11 is 0. The lowest BCUT2D eigenvalue weighted by Crippen LogP contribution is -2.36. The van der Waals surface area contributed by atoms with Crippen LogP contribution in [0.3, 0.4) is 0 Å². The monoisotopic (exact) mass is 293 g/mol. The zero-order valence-corrected chi connectivity index (χ0v) is 14.2. The van der Waals surface area contributed by atoms with Gasteiger partial charge in [-0.3, -0.25) is 0 Å². The number of nitrogens with one attached hydrogen (secondary N) is 1. The first-order chi connectivity index (χ1) is 9.80. The van der Waals surface area contributed by atoms with Crippen LogP contribution in [-0.4, -0.2) is 33.4 Å². The van der Waals surface area contributed by atoms with Gasteiger partial charge in [-0.05, 0) is 33.8 Å². The minimum Gasteiger partial charge on any atom is -0.496 e. The highest BCUT2D eigenvalue weighted by Crippen LogP contribution is 2.35. The normalized spacial score (nSPS) is 12.2. The highest BCUT2D eigenvalue weighted by atomic mass is 16.5. The second-order valence-corrected chi connectivity index (χ2v) is 6.04. The van der Waals surface area contributed by atoms with Crippen molar-refractivity contribution in [1.29, 1.82) is 0 Å². The van der Waals surface area contributed by atoms with Gasteiger partial charge in [-0.1, -0.05) is 5.57 Å². The predicted molar refractivity (Wildman–Crippen MR) is 87.5 cm³/mol. The van der Waals surface area contributed by atoms with E-state index in [0.29, 0.717) is 5.75 Å². The molecule has 0 bridgehead atoms. The summed E-state index contributed by atoms with van der Waals surface area (Å²) in [6.07, 6.45) is 2.08. The average Bonchev–Trinajstić information content (AvgIpc) is 2.44. The van der Waals surface area contributed by atoms with Crippen molar-refractivity contribution >= 4 is 6.08 Å².